The van der Waals surface area contributed by atoms with Crippen molar-refractivity contribution in [2.24, 2.45) is 0 Å². The summed E-state index contributed by atoms with van der Waals surface area (Å²) in [7, 11) is 0. The monoisotopic (exact) mass is 393 g/mol. The fourth-order valence-electron chi connectivity index (χ4n) is 4.02. The summed E-state index contributed by atoms with van der Waals surface area (Å²) in [5.41, 5.74) is 4.04. The molecule has 1 saturated carbocycles. The molecule has 2 aromatic carbocycles. The maximum Gasteiger partial charge on any atom is 0.125 e. The molecule has 1 aromatic heterocycles. The highest BCUT2D eigenvalue weighted by molar-refractivity contribution is 5.36. The van der Waals surface area contributed by atoms with Gasteiger partial charge in [-0.05, 0) is 75.4 Å². The summed E-state index contributed by atoms with van der Waals surface area (Å²) in [5.74, 6) is 0.698. The Morgan fingerprint density at radius 1 is 1.17 bits per heavy atom. The molecule has 4 nitrogen and oxygen atoms in total. The van der Waals surface area contributed by atoms with Gasteiger partial charge in [-0.1, -0.05) is 18.2 Å². The van der Waals surface area contributed by atoms with Crippen molar-refractivity contribution < 1.29 is 9.13 Å². The number of ether oxygens (including phenoxy) is 1. The smallest absolute Gasteiger partial charge is 0.125 e. The van der Waals surface area contributed by atoms with Crippen molar-refractivity contribution >= 4 is 0 Å². The first-order valence-corrected chi connectivity index (χ1v) is 10.4. The fraction of sp³-hybridized carbons (Fsp3) is 0.375. The minimum absolute atomic E-state index is 0.122. The van der Waals surface area contributed by atoms with Gasteiger partial charge in [0.15, 0.2) is 0 Å². The summed E-state index contributed by atoms with van der Waals surface area (Å²) in [6, 6.07) is 15.0. The van der Waals surface area contributed by atoms with E-state index in [-0.39, 0.29) is 11.9 Å². The molecular formula is C24H28FN3O. The summed E-state index contributed by atoms with van der Waals surface area (Å²) < 4.78 is 21.5. The van der Waals surface area contributed by atoms with Gasteiger partial charge in [0.25, 0.3) is 0 Å². The molecule has 1 heterocycles. The normalized spacial score (nSPS) is 15.6. The topological polar surface area (TPSA) is 39.1 Å². The fourth-order valence-corrected chi connectivity index (χ4v) is 4.02. The Morgan fingerprint density at radius 3 is 2.76 bits per heavy atom. The van der Waals surface area contributed by atoms with E-state index in [4.69, 9.17) is 4.74 Å². The van der Waals surface area contributed by atoms with Crippen LogP contribution in [0.4, 0.5) is 4.39 Å². The Kier molecular flexibility index (Phi) is 5.95. The van der Waals surface area contributed by atoms with Crippen LogP contribution >= 0.6 is 0 Å². The van der Waals surface area contributed by atoms with E-state index in [9.17, 15) is 4.39 Å². The molecule has 0 radical (unpaired) electrons. The summed E-state index contributed by atoms with van der Waals surface area (Å²) in [6.07, 6.45) is 7.09. The Balaban J connectivity index is 1.40. The van der Waals surface area contributed by atoms with Gasteiger partial charge in [0, 0.05) is 23.8 Å². The molecule has 1 atom stereocenters. The van der Waals surface area contributed by atoms with E-state index in [2.05, 4.69) is 35.5 Å². The molecule has 0 amide bonds. The van der Waals surface area contributed by atoms with Crippen molar-refractivity contribution in [2.75, 3.05) is 0 Å². The van der Waals surface area contributed by atoms with Crippen LogP contribution in [0.15, 0.2) is 54.7 Å². The first kappa shape index (κ1) is 19.6. The van der Waals surface area contributed by atoms with Crippen molar-refractivity contribution in [2.45, 2.75) is 58.2 Å². The SMILES string of the molecule is Cc1c([C@H](C)NCc2cccc(OC3CCCC3)c2)cnn1-c1cccc(F)c1. The number of aromatic nitrogens is 2. The quantitative estimate of drug-likeness (QED) is 0.577. The van der Waals surface area contributed by atoms with Crippen molar-refractivity contribution in [3.63, 3.8) is 0 Å². The van der Waals surface area contributed by atoms with Crippen LogP contribution < -0.4 is 10.1 Å². The molecule has 0 aliphatic heterocycles. The number of benzene rings is 2. The molecule has 1 fully saturated rings. The Morgan fingerprint density at radius 2 is 1.97 bits per heavy atom. The lowest BCUT2D eigenvalue weighted by Crippen LogP contribution is -2.19. The average Bonchev–Trinajstić information content (AvgIpc) is 3.36. The highest BCUT2D eigenvalue weighted by atomic mass is 19.1. The minimum Gasteiger partial charge on any atom is -0.490 e. The molecule has 0 bridgehead atoms. The van der Waals surface area contributed by atoms with Gasteiger partial charge in [0.1, 0.15) is 11.6 Å². The molecule has 1 aliphatic rings. The van der Waals surface area contributed by atoms with Crippen LogP contribution in [0.1, 0.15) is 55.5 Å². The first-order chi connectivity index (χ1) is 14.1. The highest BCUT2D eigenvalue weighted by Crippen LogP contribution is 2.25. The summed E-state index contributed by atoms with van der Waals surface area (Å²) in [6.45, 7) is 4.88. The van der Waals surface area contributed by atoms with Crippen molar-refractivity contribution in [3.05, 3.63) is 77.4 Å². The molecule has 0 unspecified atom stereocenters. The van der Waals surface area contributed by atoms with E-state index in [1.807, 2.05) is 25.3 Å². The largest absolute Gasteiger partial charge is 0.490 e. The Labute approximate surface area is 171 Å². The third-order valence-corrected chi connectivity index (χ3v) is 5.68. The molecule has 5 heteroatoms. The second-order valence-electron chi connectivity index (χ2n) is 7.85. The van der Waals surface area contributed by atoms with Gasteiger partial charge >= 0.3 is 0 Å². The van der Waals surface area contributed by atoms with Gasteiger partial charge in [-0.3, -0.25) is 0 Å². The zero-order chi connectivity index (χ0) is 20.2. The molecule has 4 rings (SSSR count). The van der Waals surface area contributed by atoms with Gasteiger partial charge in [-0.25, -0.2) is 9.07 Å². The van der Waals surface area contributed by atoms with Gasteiger partial charge in [-0.15, -0.1) is 0 Å². The predicted octanol–water partition coefficient (Wildman–Crippen LogP) is 5.49. The zero-order valence-corrected chi connectivity index (χ0v) is 17.1. The second kappa shape index (κ2) is 8.78. The summed E-state index contributed by atoms with van der Waals surface area (Å²) in [4.78, 5) is 0. The molecular weight excluding hydrogens is 365 g/mol. The maximum atomic E-state index is 13.6. The van der Waals surface area contributed by atoms with Crippen molar-refractivity contribution in [3.8, 4) is 11.4 Å². The lowest BCUT2D eigenvalue weighted by Gasteiger charge is -2.16. The zero-order valence-electron chi connectivity index (χ0n) is 17.1. The molecule has 29 heavy (non-hydrogen) atoms. The third kappa shape index (κ3) is 4.67. The summed E-state index contributed by atoms with van der Waals surface area (Å²) >= 11 is 0. The van der Waals surface area contributed by atoms with E-state index in [1.165, 1.54) is 30.5 Å². The number of halogens is 1. The third-order valence-electron chi connectivity index (χ3n) is 5.68. The van der Waals surface area contributed by atoms with Crippen LogP contribution in [0.25, 0.3) is 5.69 Å². The van der Waals surface area contributed by atoms with Crippen LogP contribution in [-0.2, 0) is 6.54 Å². The Hall–Kier alpha value is -2.66. The lowest BCUT2D eigenvalue weighted by atomic mass is 10.1. The van der Waals surface area contributed by atoms with Gasteiger partial charge in [0.2, 0.25) is 0 Å². The number of hydrogen-bond acceptors (Lipinski definition) is 3. The van der Waals surface area contributed by atoms with Crippen LogP contribution in [0, 0.1) is 12.7 Å². The van der Waals surface area contributed by atoms with Crippen LogP contribution in [0.2, 0.25) is 0 Å². The van der Waals surface area contributed by atoms with Gasteiger partial charge in [0.05, 0.1) is 18.0 Å². The standard InChI is InChI=1S/C24H28FN3O/c1-17(24-16-27-28(18(24)2)21-9-6-8-20(25)14-21)26-15-19-7-5-12-23(13-19)29-22-10-3-4-11-22/h5-9,12-14,16-17,22,26H,3-4,10-11,15H2,1-2H3/t17-/m0/s1. The number of nitrogens with one attached hydrogen (secondary N) is 1. The molecule has 0 saturated heterocycles. The van der Waals surface area contributed by atoms with E-state index in [0.717, 1.165) is 42.1 Å². The van der Waals surface area contributed by atoms with Crippen LogP contribution in [-0.4, -0.2) is 15.9 Å². The first-order valence-electron chi connectivity index (χ1n) is 10.4. The summed E-state index contributed by atoms with van der Waals surface area (Å²) in [5, 5.41) is 8.03. The number of rotatable bonds is 7. The van der Waals surface area contributed by atoms with E-state index < -0.39 is 0 Å². The van der Waals surface area contributed by atoms with Gasteiger partial charge in [-0.2, -0.15) is 5.10 Å². The van der Waals surface area contributed by atoms with Crippen LogP contribution in [0.3, 0.4) is 0 Å². The highest BCUT2D eigenvalue weighted by Gasteiger charge is 2.17. The maximum absolute atomic E-state index is 13.6. The van der Waals surface area contributed by atoms with Crippen molar-refractivity contribution in [1.82, 2.24) is 15.1 Å². The Bertz CT molecular complexity index is 962. The molecule has 0 spiro atoms. The van der Waals surface area contributed by atoms with Crippen molar-refractivity contribution in [1.29, 1.82) is 0 Å². The minimum atomic E-state index is -0.259. The second-order valence-corrected chi connectivity index (χ2v) is 7.85. The number of hydrogen-bond donors (Lipinski definition) is 1. The van der Waals surface area contributed by atoms with Crippen LogP contribution in [0.5, 0.6) is 5.75 Å². The molecule has 3 aromatic rings. The predicted molar refractivity (Wildman–Crippen MR) is 113 cm³/mol. The molecule has 152 valence electrons. The number of nitrogens with zero attached hydrogens (tertiary/aromatic N) is 2. The van der Waals surface area contributed by atoms with Gasteiger partial charge < -0.3 is 10.1 Å². The van der Waals surface area contributed by atoms with E-state index in [0.29, 0.717) is 6.10 Å². The lowest BCUT2D eigenvalue weighted by molar-refractivity contribution is 0.210. The average molecular weight is 394 g/mol. The van der Waals surface area contributed by atoms with E-state index >= 15 is 0 Å². The molecule has 1 N–H and O–H groups in total. The van der Waals surface area contributed by atoms with E-state index in [1.54, 1.807) is 10.7 Å². The molecule has 1 aliphatic carbocycles.